The van der Waals surface area contributed by atoms with E-state index in [1.54, 1.807) is 6.07 Å². The van der Waals surface area contributed by atoms with Crippen LogP contribution in [0, 0.1) is 0 Å². The molecule has 1 aromatic rings. The van der Waals surface area contributed by atoms with Crippen LogP contribution in [-0.4, -0.2) is 35.5 Å². The highest BCUT2D eigenvalue weighted by Crippen LogP contribution is 2.02. The summed E-state index contributed by atoms with van der Waals surface area (Å²) >= 11 is 0. The van der Waals surface area contributed by atoms with Crippen LogP contribution in [0.25, 0.3) is 0 Å². The number of aromatic nitrogens is 2. The van der Waals surface area contributed by atoms with Gasteiger partial charge in [0.05, 0.1) is 7.11 Å². The Labute approximate surface area is 92.0 Å². The fourth-order valence-electron chi connectivity index (χ4n) is 0.961. The third kappa shape index (κ3) is 3.52. The quantitative estimate of drug-likeness (QED) is 0.656. The SMILES string of the molecule is COC(=O)c1nccc(NCCC(N)=O)n1. The van der Waals surface area contributed by atoms with E-state index in [4.69, 9.17) is 5.73 Å². The molecule has 3 N–H and O–H groups in total. The van der Waals surface area contributed by atoms with Crippen molar-refractivity contribution in [2.75, 3.05) is 19.0 Å². The Balaban J connectivity index is 2.60. The summed E-state index contributed by atoms with van der Waals surface area (Å²) < 4.78 is 4.47. The zero-order valence-electron chi connectivity index (χ0n) is 8.77. The first-order chi connectivity index (χ1) is 7.63. The van der Waals surface area contributed by atoms with Crippen molar-refractivity contribution in [2.24, 2.45) is 5.73 Å². The van der Waals surface area contributed by atoms with Crippen LogP contribution in [0.5, 0.6) is 0 Å². The fourth-order valence-corrected chi connectivity index (χ4v) is 0.961. The highest BCUT2D eigenvalue weighted by molar-refractivity contribution is 5.85. The summed E-state index contributed by atoms with van der Waals surface area (Å²) in [6, 6.07) is 1.58. The lowest BCUT2D eigenvalue weighted by Gasteiger charge is -2.04. The average molecular weight is 224 g/mol. The van der Waals surface area contributed by atoms with Crippen LogP contribution in [0.1, 0.15) is 17.0 Å². The summed E-state index contributed by atoms with van der Waals surface area (Å²) in [4.78, 5) is 29.2. The van der Waals surface area contributed by atoms with Crippen LogP contribution in [0.15, 0.2) is 12.3 Å². The number of hydrogen-bond donors (Lipinski definition) is 2. The Hall–Kier alpha value is -2.18. The number of nitrogens with zero attached hydrogens (tertiary/aromatic N) is 2. The summed E-state index contributed by atoms with van der Waals surface area (Å²) in [6.45, 7) is 0.354. The third-order valence-corrected chi connectivity index (χ3v) is 1.70. The maximum atomic E-state index is 11.1. The zero-order chi connectivity index (χ0) is 12.0. The Bertz CT molecular complexity index is 394. The standard InChI is InChI=1S/C9H12N4O3/c1-16-9(15)8-12-5-3-7(13-8)11-4-2-6(10)14/h3,5H,2,4H2,1H3,(H2,10,14)(H,11,12,13). The second-order valence-corrected chi connectivity index (χ2v) is 2.90. The number of ether oxygens (including phenoxy) is 1. The first-order valence-corrected chi connectivity index (χ1v) is 4.57. The number of methoxy groups -OCH3 is 1. The van der Waals surface area contributed by atoms with Gasteiger partial charge in [-0.15, -0.1) is 0 Å². The number of nitrogens with two attached hydrogens (primary N) is 1. The first-order valence-electron chi connectivity index (χ1n) is 4.57. The van der Waals surface area contributed by atoms with Gasteiger partial charge in [0, 0.05) is 19.2 Å². The van der Waals surface area contributed by atoms with Crippen molar-refractivity contribution >= 4 is 17.7 Å². The molecule has 7 nitrogen and oxygen atoms in total. The molecule has 1 aromatic heterocycles. The molecule has 0 fully saturated rings. The summed E-state index contributed by atoms with van der Waals surface area (Å²) in [6.07, 6.45) is 1.61. The van der Waals surface area contributed by atoms with Gasteiger partial charge in [0.1, 0.15) is 5.82 Å². The minimum Gasteiger partial charge on any atom is -0.463 e. The van der Waals surface area contributed by atoms with E-state index in [0.29, 0.717) is 12.4 Å². The molecule has 0 atom stereocenters. The number of hydrogen-bond acceptors (Lipinski definition) is 6. The second kappa shape index (κ2) is 5.64. The van der Waals surface area contributed by atoms with Crippen LogP contribution in [-0.2, 0) is 9.53 Å². The number of primary amides is 1. The smallest absolute Gasteiger partial charge is 0.376 e. The van der Waals surface area contributed by atoms with Crippen molar-refractivity contribution in [3.8, 4) is 0 Å². The molecular formula is C9H12N4O3. The number of amides is 1. The van der Waals surface area contributed by atoms with Gasteiger partial charge in [-0.1, -0.05) is 0 Å². The van der Waals surface area contributed by atoms with Crippen molar-refractivity contribution in [1.29, 1.82) is 0 Å². The summed E-state index contributed by atoms with van der Waals surface area (Å²) in [5.41, 5.74) is 4.97. The number of esters is 1. The van der Waals surface area contributed by atoms with E-state index in [9.17, 15) is 9.59 Å². The fraction of sp³-hybridized carbons (Fsp3) is 0.333. The molecule has 0 aliphatic carbocycles. The first kappa shape index (κ1) is 11.9. The number of rotatable bonds is 5. The number of carbonyl (C=O) groups is 2. The molecule has 0 bridgehead atoms. The van der Waals surface area contributed by atoms with Crippen molar-refractivity contribution in [3.63, 3.8) is 0 Å². The van der Waals surface area contributed by atoms with E-state index < -0.39 is 11.9 Å². The molecule has 86 valence electrons. The van der Waals surface area contributed by atoms with Gasteiger partial charge in [-0.05, 0) is 6.07 Å². The summed E-state index contributed by atoms with van der Waals surface area (Å²) in [7, 11) is 1.25. The maximum Gasteiger partial charge on any atom is 0.376 e. The third-order valence-electron chi connectivity index (χ3n) is 1.70. The van der Waals surface area contributed by atoms with Crippen molar-refractivity contribution in [1.82, 2.24) is 9.97 Å². The van der Waals surface area contributed by atoms with Gasteiger partial charge >= 0.3 is 5.97 Å². The number of carbonyl (C=O) groups excluding carboxylic acids is 2. The number of nitrogens with one attached hydrogen (secondary N) is 1. The van der Waals surface area contributed by atoms with Gasteiger partial charge in [0.2, 0.25) is 11.7 Å². The molecule has 0 radical (unpaired) electrons. The summed E-state index contributed by atoms with van der Waals surface area (Å²) in [5.74, 6) is -0.614. The topological polar surface area (TPSA) is 107 Å². The van der Waals surface area contributed by atoms with Crippen LogP contribution >= 0.6 is 0 Å². The Kier molecular flexibility index (Phi) is 4.19. The van der Waals surface area contributed by atoms with E-state index in [2.05, 4.69) is 20.0 Å². The second-order valence-electron chi connectivity index (χ2n) is 2.90. The lowest BCUT2D eigenvalue weighted by atomic mass is 10.4. The highest BCUT2D eigenvalue weighted by atomic mass is 16.5. The largest absolute Gasteiger partial charge is 0.463 e. The molecule has 0 unspecified atom stereocenters. The Morgan fingerprint density at radius 1 is 1.56 bits per heavy atom. The van der Waals surface area contributed by atoms with E-state index in [1.807, 2.05) is 0 Å². The molecule has 1 rings (SSSR count). The molecule has 1 heterocycles. The molecule has 0 saturated heterocycles. The Morgan fingerprint density at radius 3 is 2.94 bits per heavy atom. The highest BCUT2D eigenvalue weighted by Gasteiger charge is 2.09. The van der Waals surface area contributed by atoms with Gasteiger partial charge < -0.3 is 15.8 Å². The predicted molar refractivity (Wildman–Crippen MR) is 55.7 cm³/mol. The zero-order valence-corrected chi connectivity index (χ0v) is 8.77. The molecule has 1 amide bonds. The molecule has 0 aliphatic rings. The lowest BCUT2D eigenvalue weighted by Crippen LogP contribution is -2.17. The van der Waals surface area contributed by atoms with Gasteiger partial charge in [-0.2, -0.15) is 0 Å². The van der Waals surface area contributed by atoms with E-state index in [-0.39, 0.29) is 12.2 Å². The maximum absolute atomic E-state index is 11.1. The van der Waals surface area contributed by atoms with E-state index in [1.165, 1.54) is 13.3 Å². The van der Waals surface area contributed by atoms with Crippen molar-refractivity contribution in [3.05, 3.63) is 18.1 Å². The predicted octanol–water partition coefficient (Wildman–Crippen LogP) is -0.450. The molecule has 0 aromatic carbocycles. The summed E-state index contributed by atoms with van der Waals surface area (Å²) in [5, 5.41) is 2.84. The van der Waals surface area contributed by atoms with Gasteiger partial charge in [0.25, 0.3) is 0 Å². The minimum absolute atomic E-state index is 0.0356. The van der Waals surface area contributed by atoms with Gasteiger partial charge in [-0.25, -0.2) is 14.8 Å². The average Bonchev–Trinajstić information content (AvgIpc) is 2.28. The molecule has 7 heteroatoms. The van der Waals surface area contributed by atoms with Crippen LogP contribution in [0.4, 0.5) is 5.82 Å². The molecule has 0 spiro atoms. The lowest BCUT2D eigenvalue weighted by molar-refractivity contribution is -0.117. The van der Waals surface area contributed by atoms with E-state index >= 15 is 0 Å². The monoisotopic (exact) mass is 224 g/mol. The number of anilines is 1. The van der Waals surface area contributed by atoms with Crippen molar-refractivity contribution < 1.29 is 14.3 Å². The molecular weight excluding hydrogens is 212 g/mol. The Morgan fingerprint density at radius 2 is 2.31 bits per heavy atom. The molecule has 16 heavy (non-hydrogen) atoms. The normalized spacial score (nSPS) is 9.56. The van der Waals surface area contributed by atoms with Crippen LogP contribution in [0.3, 0.4) is 0 Å². The minimum atomic E-state index is -0.612. The molecule has 0 aliphatic heterocycles. The van der Waals surface area contributed by atoms with E-state index in [0.717, 1.165) is 0 Å². The van der Waals surface area contributed by atoms with Crippen LogP contribution in [0.2, 0.25) is 0 Å². The van der Waals surface area contributed by atoms with Gasteiger partial charge in [-0.3, -0.25) is 4.79 Å². The van der Waals surface area contributed by atoms with Crippen molar-refractivity contribution in [2.45, 2.75) is 6.42 Å². The van der Waals surface area contributed by atoms with Crippen LogP contribution < -0.4 is 11.1 Å². The molecule has 0 saturated carbocycles. The van der Waals surface area contributed by atoms with Gasteiger partial charge in [0.15, 0.2) is 0 Å².